The van der Waals surface area contributed by atoms with Crippen LogP contribution in [0.2, 0.25) is 5.15 Å². The van der Waals surface area contributed by atoms with Crippen molar-refractivity contribution in [1.29, 1.82) is 0 Å². The van der Waals surface area contributed by atoms with Crippen molar-refractivity contribution in [1.82, 2.24) is 15.0 Å². The Morgan fingerprint density at radius 2 is 1.82 bits per heavy atom. The third-order valence-corrected chi connectivity index (χ3v) is 3.41. The maximum atomic E-state index is 11.9. The van der Waals surface area contributed by atoms with Gasteiger partial charge in [-0.05, 0) is 12.1 Å². The van der Waals surface area contributed by atoms with Crippen LogP contribution in [0.25, 0.3) is 0 Å². The summed E-state index contributed by atoms with van der Waals surface area (Å²) in [4.78, 5) is 11.1. The summed E-state index contributed by atoms with van der Waals surface area (Å²) in [7, 11) is -3.68. The van der Waals surface area contributed by atoms with E-state index in [4.69, 9.17) is 11.6 Å². The van der Waals surface area contributed by atoms with Crippen LogP contribution in [0.1, 0.15) is 0 Å². The van der Waals surface area contributed by atoms with Gasteiger partial charge in [-0.3, -0.25) is 4.72 Å². The van der Waals surface area contributed by atoms with Crippen LogP contribution in [0, 0.1) is 0 Å². The highest BCUT2D eigenvalue weighted by Gasteiger charge is 2.14. The molecule has 0 atom stereocenters. The summed E-state index contributed by atoms with van der Waals surface area (Å²) in [5, 5.41) is 0.229. The fraction of sp³-hybridized carbons (Fsp3) is 0. The third kappa shape index (κ3) is 2.89. The van der Waals surface area contributed by atoms with Crippen LogP contribution >= 0.6 is 11.6 Å². The first-order valence-electron chi connectivity index (χ1n) is 4.47. The van der Waals surface area contributed by atoms with Gasteiger partial charge in [-0.1, -0.05) is 11.6 Å². The van der Waals surface area contributed by atoms with Crippen molar-refractivity contribution in [2.75, 3.05) is 4.72 Å². The Kier molecular flexibility index (Phi) is 3.21. The summed E-state index contributed by atoms with van der Waals surface area (Å²) in [6, 6.07) is 2.76. The Bertz CT molecular complexity index is 601. The van der Waals surface area contributed by atoms with E-state index in [-0.39, 0.29) is 15.7 Å². The first-order valence-corrected chi connectivity index (χ1v) is 6.33. The molecule has 2 aromatic rings. The number of nitrogens with zero attached hydrogens (tertiary/aromatic N) is 3. The molecular weight excluding hydrogens is 264 g/mol. The van der Waals surface area contributed by atoms with E-state index in [1.807, 2.05) is 0 Å². The average Bonchev–Trinajstić information content (AvgIpc) is 2.30. The lowest BCUT2D eigenvalue weighted by Crippen LogP contribution is -2.13. The molecule has 0 aliphatic heterocycles. The molecule has 0 unspecified atom stereocenters. The lowest BCUT2D eigenvalue weighted by atomic mass is 10.5. The fourth-order valence-electron chi connectivity index (χ4n) is 1.09. The van der Waals surface area contributed by atoms with Gasteiger partial charge in [0, 0.05) is 6.20 Å². The summed E-state index contributed by atoms with van der Waals surface area (Å²) in [5.74, 6) is 0. The summed E-state index contributed by atoms with van der Waals surface area (Å²) in [6.07, 6.45) is 5.19. The molecular formula is C9H7ClN4O2S. The molecule has 88 valence electrons. The second kappa shape index (κ2) is 4.64. The van der Waals surface area contributed by atoms with E-state index in [0.717, 1.165) is 0 Å². The minimum absolute atomic E-state index is 0.0192. The summed E-state index contributed by atoms with van der Waals surface area (Å²) in [6.45, 7) is 0. The van der Waals surface area contributed by atoms with Crippen molar-refractivity contribution in [2.24, 2.45) is 0 Å². The van der Waals surface area contributed by atoms with Crippen LogP contribution in [0.4, 0.5) is 5.69 Å². The monoisotopic (exact) mass is 270 g/mol. The number of hydrogen-bond acceptors (Lipinski definition) is 5. The first-order chi connectivity index (χ1) is 8.08. The summed E-state index contributed by atoms with van der Waals surface area (Å²) >= 11 is 5.58. The normalized spacial score (nSPS) is 11.1. The van der Waals surface area contributed by atoms with Gasteiger partial charge in [0.15, 0.2) is 0 Å². The zero-order chi connectivity index (χ0) is 12.3. The van der Waals surface area contributed by atoms with Gasteiger partial charge in [-0.2, -0.15) is 0 Å². The zero-order valence-electron chi connectivity index (χ0n) is 8.41. The molecule has 0 amide bonds. The van der Waals surface area contributed by atoms with E-state index in [0.29, 0.717) is 0 Å². The maximum Gasteiger partial charge on any atom is 0.263 e. The number of pyridine rings is 1. The minimum Gasteiger partial charge on any atom is -0.276 e. The number of rotatable bonds is 3. The van der Waals surface area contributed by atoms with Crippen LogP contribution in [0.3, 0.4) is 0 Å². The van der Waals surface area contributed by atoms with Crippen molar-refractivity contribution in [3.05, 3.63) is 42.2 Å². The number of anilines is 1. The molecule has 2 rings (SSSR count). The molecule has 0 aromatic carbocycles. The fourth-order valence-corrected chi connectivity index (χ4v) is 2.17. The quantitative estimate of drug-likeness (QED) is 0.851. The molecule has 0 saturated heterocycles. The van der Waals surface area contributed by atoms with E-state index in [9.17, 15) is 8.42 Å². The van der Waals surface area contributed by atoms with Crippen LogP contribution in [0.5, 0.6) is 0 Å². The highest BCUT2D eigenvalue weighted by atomic mass is 35.5. The smallest absolute Gasteiger partial charge is 0.263 e. The van der Waals surface area contributed by atoms with Crippen molar-refractivity contribution >= 4 is 27.3 Å². The third-order valence-electron chi connectivity index (χ3n) is 1.82. The van der Waals surface area contributed by atoms with Crippen molar-refractivity contribution in [3.8, 4) is 0 Å². The van der Waals surface area contributed by atoms with Gasteiger partial charge in [-0.25, -0.2) is 23.4 Å². The van der Waals surface area contributed by atoms with Gasteiger partial charge < -0.3 is 0 Å². The highest BCUT2D eigenvalue weighted by Crippen LogP contribution is 2.14. The van der Waals surface area contributed by atoms with E-state index >= 15 is 0 Å². The second-order valence-corrected chi connectivity index (χ2v) is 5.12. The molecule has 0 bridgehead atoms. The maximum absolute atomic E-state index is 11.9. The molecule has 0 fully saturated rings. The summed E-state index contributed by atoms with van der Waals surface area (Å²) in [5.41, 5.74) is 0.280. The molecule has 8 heteroatoms. The Balaban J connectivity index is 2.29. The molecule has 17 heavy (non-hydrogen) atoms. The highest BCUT2D eigenvalue weighted by molar-refractivity contribution is 7.92. The number of halogens is 1. The zero-order valence-corrected chi connectivity index (χ0v) is 9.98. The molecule has 0 aliphatic carbocycles. The van der Waals surface area contributed by atoms with Gasteiger partial charge in [0.05, 0.1) is 18.1 Å². The molecule has 2 heterocycles. The molecule has 6 nitrogen and oxygen atoms in total. The predicted molar refractivity (Wildman–Crippen MR) is 62.1 cm³/mol. The second-order valence-electron chi connectivity index (χ2n) is 3.05. The molecule has 0 spiro atoms. The van der Waals surface area contributed by atoms with Crippen molar-refractivity contribution < 1.29 is 8.42 Å². The number of aromatic nitrogens is 3. The minimum atomic E-state index is -3.68. The first kappa shape index (κ1) is 11.7. The Morgan fingerprint density at radius 1 is 1.12 bits per heavy atom. The van der Waals surface area contributed by atoms with Gasteiger partial charge in [0.1, 0.15) is 16.4 Å². The Hall–Kier alpha value is -1.73. The van der Waals surface area contributed by atoms with Crippen LogP contribution in [0.15, 0.2) is 41.9 Å². The Morgan fingerprint density at radius 3 is 2.41 bits per heavy atom. The summed E-state index contributed by atoms with van der Waals surface area (Å²) < 4.78 is 26.0. The van der Waals surface area contributed by atoms with Gasteiger partial charge in [0.25, 0.3) is 10.0 Å². The van der Waals surface area contributed by atoms with Crippen molar-refractivity contribution in [2.45, 2.75) is 4.90 Å². The van der Waals surface area contributed by atoms with Gasteiger partial charge >= 0.3 is 0 Å². The van der Waals surface area contributed by atoms with E-state index in [2.05, 4.69) is 19.7 Å². The SMILES string of the molecule is O=S(=O)(Nc1cncnc1)c1ccc(Cl)nc1. The van der Waals surface area contributed by atoms with E-state index in [1.165, 1.54) is 37.1 Å². The lowest BCUT2D eigenvalue weighted by molar-refractivity contribution is 0.601. The number of sulfonamides is 1. The van der Waals surface area contributed by atoms with Crippen LogP contribution in [-0.2, 0) is 10.0 Å². The predicted octanol–water partition coefficient (Wildman–Crippen LogP) is 1.33. The molecule has 0 aliphatic rings. The van der Waals surface area contributed by atoms with Gasteiger partial charge in [0.2, 0.25) is 0 Å². The topological polar surface area (TPSA) is 84.8 Å². The van der Waals surface area contributed by atoms with E-state index < -0.39 is 10.0 Å². The molecule has 1 N–H and O–H groups in total. The standard InChI is InChI=1S/C9H7ClN4O2S/c10-9-2-1-8(5-13-9)17(15,16)14-7-3-11-6-12-4-7/h1-6,14H. The van der Waals surface area contributed by atoms with Crippen LogP contribution < -0.4 is 4.72 Å². The van der Waals surface area contributed by atoms with Crippen LogP contribution in [-0.4, -0.2) is 23.4 Å². The lowest BCUT2D eigenvalue weighted by Gasteiger charge is -2.06. The molecule has 0 saturated carbocycles. The Labute approximate surface area is 103 Å². The van der Waals surface area contributed by atoms with Crippen molar-refractivity contribution in [3.63, 3.8) is 0 Å². The van der Waals surface area contributed by atoms with E-state index in [1.54, 1.807) is 0 Å². The number of hydrogen-bond donors (Lipinski definition) is 1. The van der Waals surface area contributed by atoms with Gasteiger partial charge in [-0.15, -0.1) is 0 Å². The molecule has 0 radical (unpaired) electrons. The average molecular weight is 271 g/mol. The molecule has 2 aromatic heterocycles. The largest absolute Gasteiger partial charge is 0.276 e. The number of nitrogens with one attached hydrogen (secondary N) is 1.